The van der Waals surface area contributed by atoms with Crippen LogP contribution in [-0.4, -0.2) is 40.9 Å². The van der Waals surface area contributed by atoms with Gasteiger partial charge in [-0.1, -0.05) is 0 Å². The number of aromatic nitrogens is 2. The van der Waals surface area contributed by atoms with Gasteiger partial charge in [0, 0.05) is 31.3 Å². The predicted octanol–water partition coefficient (Wildman–Crippen LogP) is 1.66. The van der Waals surface area contributed by atoms with E-state index < -0.39 is 0 Å². The minimum atomic E-state index is -0.0554. The van der Waals surface area contributed by atoms with Crippen LogP contribution in [0, 0.1) is 0 Å². The Morgan fingerprint density at radius 3 is 2.39 bits per heavy atom. The highest BCUT2D eigenvalue weighted by atomic mass is 16.5. The van der Waals surface area contributed by atoms with Crippen molar-refractivity contribution in [1.29, 1.82) is 0 Å². The van der Waals surface area contributed by atoms with Crippen LogP contribution < -0.4 is 14.8 Å². The Balaban J connectivity index is 1.75. The minimum Gasteiger partial charge on any atom is -0.477 e. The maximum absolute atomic E-state index is 11.7. The third-order valence-electron chi connectivity index (χ3n) is 3.85. The minimum absolute atomic E-state index is 0.0372. The van der Waals surface area contributed by atoms with Crippen molar-refractivity contribution in [2.45, 2.75) is 57.6 Å². The normalized spacial score (nSPS) is 20.6. The fraction of sp³-hybridized carbons (Fsp3) is 0.625. The largest absolute Gasteiger partial charge is 0.477 e. The lowest BCUT2D eigenvalue weighted by Gasteiger charge is -2.29. The smallest absolute Gasteiger partial charge is 0.278 e. The first-order valence-corrected chi connectivity index (χ1v) is 7.89. The Bertz CT molecular complexity index is 542. The van der Waals surface area contributed by atoms with Crippen LogP contribution in [0.4, 0.5) is 0 Å². The van der Waals surface area contributed by atoms with Crippen LogP contribution >= 0.6 is 0 Å². The van der Waals surface area contributed by atoms with Gasteiger partial charge in [0.15, 0.2) is 0 Å². The molecule has 1 aliphatic rings. The monoisotopic (exact) mass is 321 g/mol. The zero-order chi connectivity index (χ0) is 16.7. The number of hydrogen-bond acceptors (Lipinski definition) is 6. The number of carbonyl (C=O) groups is 2. The molecule has 0 radical (unpaired) electrons. The van der Waals surface area contributed by atoms with Crippen LogP contribution in [0.2, 0.25) is 0 Å². The first-order chi connectivity index (χ1) is 11.1. The van der Waals surface area contributed by atoms with E-state index in [2.05, 4.69) is 15.3 Å². The second-order valence-electron chi connectivity index (χ2n) is 5.73. The summed E-state index contributed by atoms with van der Waals surface area (Å²) in [5.74, 6) is 0.770. The molecule has 1 N–H and O–H groups in total. The van der Waals surface area contributed by atoms with Gasteiger partial charge in [-0.3, -0.25) is 4.79 Å². The molecule has 0 aromatic carbocycles. The van der Waals surface area contributed by atoms with Crippen LogP contribution in [0.5, 0.6) is 11.8 Å². The summed E-state index contributed by atoms with van der Waals surface area (Å²) >= 11 is 0. The Kier molecular flexibility index (Phi) is 6.31. The Hall–Kier alpha value is -2.18. The van der Waals surface area contributed by atoms with Gasteiger partial charge in [-0.25, -0.2) is 9.97 Å². The van der Waals surface area contributed by atoms with Crippen LogP contribution in [0.25, 0.3) is 0 Å². The molecule has 0 saturated heterocycles. The van der Waals surface area contributed by atoms with Gasteiger partial charge in [-0.2, -0.15) is 0 Å². The second-order valence-corrected chi connectivity index (χ2v) is 5.73. The van der Waals surface area contributed by atoms with E-state index in [0.29, 0.717) is 18.2 Å². The molecule has 23 heavy (non-hydrogen) atoms. The molecule has 1 aromatic heterocycles. The first kappa shape index (κ1) is 17.2. The highest BCUT2D eigenvalue weighted by Gasteiger charge is 2.25. The molecule has 1 aromatic rings. The Labute approximate surface area is 135 Å². The van der Waals surface area contributed by atoms with Crippen molar-refractivity contribution in [2.75, 3.05) is 7.11 Å². The molecule has 1 saturated carbocycles. The van der Waals surface area contributed by atoms with Crippen LogP contribution in [-0.2, 0) is 9.59 Å². The fourth-order valence-electron chi connectivity index (χ4n) is 2.61. The van der Waals surface area contributed by atoms with Gasteiger partial charge in [0.25, 0.3) is 11.8 Å². The molecule has 0 aliphatic heterocycles. The summed E-state index contributed by atoms with van der Waals surface area (Å²) in [6.07, 6.45) is 7.09. The molecule has 126 valence electrons. The van der Waals surface area contributed by atoms with E-state index in [1.807, 2.05) is 0 Å². The van der Waals surface area contributed by atoms with Gasteiger partial charge < -0.3 is 19.6 Å². The van der Waals surface area contributed by atoms with Gasteiger partial charge in [-0.15, -0.1) is 0 Å². The number of hydrogen-bond donors (Lipinski definition) is 1. The number of rotatable bonds is 7. The number of methoxy groups -OCH3 is 1. The molecule has 1 aliphatic carbocycles. The molecular formula is C16H23N3O4. The third kappa shape index (κ3) is 5.50. The van der Waals surface area contributed by atoms with E-state index in [4.69, 9.17) is 9.47 Å². The molecule has 1 fully saturated rings. The van der Waals surface area contributed by atoms with E-state index in [1.54, 1.807) is 12.4 Å². The lowest BCUT2D eigenvalue weighted by Crippen LogP contribution is -2.39. The Morgan fingerprint density at radius 1 is 1.13 bits per heavy atom. The molecular weight excluding hydrogens is 298 g/mol. The summed E-state index contributed by atoms with van der Waals surface area (Å²) in [5.41, 5.74) is 0. The zero-order valence-electron chi connectivity index (χ0n) is 13.6. The molecule has 7 nitrogen and oxygen atoms in total. The van der Waals surface area contributed by atoms with Gasteiger partial charge in [0.05, 0.1) is 7.11 Å². The van der Waals surface area contributed by atoms with Gasteiger partial charge in [-0.05, 0) is 32.6 Å². The van der Waals surface area contributed by atoms with Crippen molar-refractivity contribution < 1.29 is 19.1 Å². The molecule has 0 atom stereocenters. The number of amides is 1. The molecule has 0 spiro atoms. The molecule has 7 heteroatoms. The van der Waals surface area contributed by atoms with Crippen molar-refractivity contribution in [3.63, 3.8) is 0 Å². The summed E-state index contributed by atoms with van der Waals surface area (Å²) in [7, 11) is 1.53. The topological polar surface area (TPSA) is 90.4 Å². The average Bonchev–Trinajstić information content (AvgIpc) is 2.55. The van der Waals surface area contributed by atoms with Crippen molar-refractivity contribution in [3.05, 3.63) is 12.4 Å². The maximum atomic E-state index is 11.7. The van der Waals surface area contributed by atoms with Crippen molar-refractivity contribution in [2.24, 2.45) is 0 Å². The quantitative estimate of drug-likeness (QED) is 0.821. The maximum Gasteiger partial charge on any atom is 0.278 e. The number of nitrogens with zero attached hydrogens (tertiary/aromatic N) is 2. The Morgan fingerprint density at radius 2 is 1.78 bits per heavy atom. The molecule has 1 amide bonds. The van der Waals surface area contributed by atoms with Gasteiger partial charge in [0.1, 0.15) is 11.9 Å². The van der Waals surface area contributed by atoms with Crippen molar-refractivity contribution >= 4 is 11.7 Å². The van der Waals surface area contributed by atoms with Crippen molar-refractivity contribution in [1.82, 2.24) is 15.3 Å². The number of carbonyl (C=O) groups excluding carboxylic acids is 2. The number of ether oxygens (including phenoxy) is 2. The highest BCUT2D eigenvalue weighted by molar-refractivity contribution is 5.83. The van der Waals surface area contributed by atoms with E-state index in [0.717, 1.165) is 25.7 Å². The van der Waals surface area contributed by atoms with Gasteiger partial charge >= 0.3 is 0 Å². The van der Waals surface area contributed by atoms with Gasteiger partial charge in [0.2, 0.25) is 5.91 Å². The lowest BCUT2D eigenvalue weighted by molar-refractivity contribution is -0.125. The average molecular weight is 321 g/mol. The summed E-state index contributed by atoms with van der Waals surface area (Å²) in [6.45, 7) is 1.50. The number of nitrogens with one attached hydrogen (secondary N) is 1. The lowest BCUT2D eigenvalue weighted by atomic mass is 9.93. The molecule has 1 heterocycles. The number of Topliss-reactive ketones (excluding diaryl/α,β-unsaturated/α-hetero) is 1. The van der Waals surface area contributed by atoms with Crippen LogP contribution in [0.1, 0.15) is 45.4 Å². The number of ketones is 1. The highest BCUT2D eigenvalue weighted by Crippen LogP contribution is 2.27. The zero-order valence-corrected chi connectivity index (χ0v) is 13.6. The SMILES string of the molecule is COc1nccnc1OC1CCC(NC(=O)CCC(C)=O)CC1. The summed E-state index contributed by atoms with van der Waals surface area (Å²) in [6, 6.07) is 0.151. The van der Waals surface area contributed by atoms with E-state index in [1.165, 1.54) is 14.0 Å². The van der Waals surface area contributed by atoms with Crippen LogP contribution in [0.15, 0.2) is 12.4 Å². The van der Waals surface area contributed by atoms with E-state index >= 15 is 0 Å². The van der Waals surface area contributed by atoms with Crippen LogP contribution in [0.3, 0.4) is 0 Å². The fourth-order valence-corrected chi connectivity index (χ4v) is 2.61. The standard InChI is InChI=1S/C16H23N3O4/c1-11(20)3-8-14(21)19-12-4-6-13(7-5-12)23-16-15(22-2)17-9-10-18-16/h9-10,12-13H,3-8H2,1-2H3,(H,19,21). The van der Waals surface area contributed by atoms with Crippen molar-refractivity contribution in [3.8, 4) is 11.8 Å². The molecule has 0 bridgehead atoms. The summed E-state index contributed by atoms with van der Waals surface area (Å²) in [4.78, 5) is 30.8. The third-order valence-corrected chi connectivity index (χ3v) is 3.85. The molecule has 0 unspecified atom stereocenters. The second kappa shape index (κ2) is 8.45. The summed E-state index contributed by atoms with van der Waals surface area (Å²) < 4.78 is 11.0. The molecule has 2 rings (SSSR count). The van der Waals surface area contributed by atoms with E-state index in [9.17, 15) is 9.59 Å². The van der Waals surface area contributed by atoms with E-state index in [-0.39, 0.29) is 30.3 Å². The summed E-state index contributed by atoms with van der Waals surface area (Å²) in [5, 5.41) is 2.98. The predicted molar refractivity (Wildman–Crippen MR) is 83.3 cm³/mol. The first-order valence-electron chi connectivity index (χ1n) is 7.89.